The standard InChI is InChI=1S/C42H48N10O7/c1-21(2)34(48-41(56)57)38(53)50-14-6-8-31(50)36-43-19-28(45-36)23-11-13-30-25(16-23)18-33-26-12-10-24(17-27(26)47-40(55)52(30)33)29-20-44-37(46-29)32-9-7-15-51(32)39(54)35(22(3)4)49-42(58)59-5/h10-13,16-22,31-32,34-35,48H,6-9,14-15H2,1-5H3,(H,43,45)(H,44,46)(H,47,55)(H,49,58)(H,56,57)/t31-,32-,34-,35-/m0/s1. The number of hydrogen-bond acceptors (Lipinski definition) is 8. The summed E-state index contributed by atoms with van der Waals surface area (Å²) in [6.07, 6.45) is 4.59. The number of carboxylic acid groups (broad SMARTS) is 1. The highest BCUT2D eigenvalue weighted by molar-refractivity contribution is 6.02. The van der Waals surface area contributed by atoms with E-state index in [0.717, 1.165) is 63.6 Å². The first-order chi connectivity index (χ1) is 28.3. The lowest BCUT2D eigenvalue weighted by molar-refractivity contribution is -0.136. The van der Waals surface area contributed by atoms with Crippen LogP contribution in [0.3, 0.4) is 0 Å². The molecule has 0 aliphatic carbocycles. The van der Waals surface area contributed by atoms with Gasteiger partial charge >= 0.3 is 17.9 Å². The Morgan fingerprint density at radius 1 is 0.763 bits per heavy atom. The molecule has 4 atom stereocenters. The molecule has 0 unspecified atom stereocenters. The number of aromatic nitrogens is 6. The van der Waals surface area contributed by atoms with E-state index in [1.165, 1.54) is 7.11 Å². The first kappa shape index (κ1) is 39.2. The maximum atomic E-state index is 13.7. The Bertz CT molecular complexity index is 2660. The molecule has 308 valence electrons. The van der Waals surface area contributed by atoms with Gasteiger partial charge in [-0.1, -0.05) is 45.9 Å². The number of nitrogens with one attached hydrogen (secondary N) is 5. The van der Waals surface area contributed by atoms with Crippen LogP contribution >= 0.6 is 0 Å². The van der Waals surface area contributed by atoms with E-state index >= 15 is 0 Å². The second-order valence-electron chi connectivity index (χ2n) is 16.1. The van der Waals surface area contributed by atoms with Gasteiger partial charge < -0.3 is 45.2 Å². The molecule has 2 aromatic carbocycles. The number of hydrogen-bond donors (Lipinski definition) is 6. The Kier molecular flexibility index (Phi) is 10.4. The molecule has 8 rings (SSSR count). The molecule has 2 aliphatic rings. The lowest BCUT2D eigenvalue weighted by Crippen LogP contribution is -2.51. The van der Waals surface area contributed by atoms with Crippen molar-refractivity contribution in [2.45, 2.75) is 77.5 Å². The second kappa shape index (κ2) is 15.6. The van der Waals surface area contributed by atoms with E-state index in [-0.39, 0.29) is 41.4 Å². The summed E-state index contributed by atoms with van der Waals surface area (Å²) < 4.78 is 6.42. The number of rotatable bonds is 10. The van der Waals surface area contributed by atoms with E-state index < -0.39 is 24.3 Å². The van der Waals surface area contributed by atoms with Crippen LogP contribution in [0.5, 0.6) is 0 Å². The Labute approximate surface area is 338 Å². The van der Waals surface area contributed by atoms with Gasteiger partial charge in [-0.3, -0.25) is 14.0 Å². The summed E-state index contributed by atoms with van der Waals surface area (Å²) in [6.45, 7) is 8.45. The van der Waals surface area contributed by atoms with Gasteiger partial charge in [0.1, 0.15) is 23.7 Å². The molecule has 0 spiro atoms. The monoisotopic (exact) mass is 804 g/mol. The molecule has 6 N–H and O–H groups in total. The minimum atomic E-state index is -1.23. The van der Waals surface area contributed by atoms with Crippen LogP contribution in [-0.4, -0.2) is 101 Å². The van der Waals surface area contributed by atoms with Crippen molar-refractivity contribution in [3.63, 3.8) is 0 Å². The summed E-state index contributed by atoms with van der Waals surface area (Å²) in [4.78, 5) is 86.9. The van der Waals surface area contributed by atoms with Gasteiger partial charge in [0.2, 0.25) is 11.8 Å². The number of ether oxygens (including phenoxy) is 1. The maximum Gasteiger partial charge on any atom is 0.407 e. The van der Waals surface area contributed by atoms with Crippen LogP contribution in [0.4, 0.5) is 9.59 Å². The number of amides is 4. The third kappa shape index (κ3) is 7.25. The van der Waals surface area contributed by atoms with E-state index in [1.807, 2.05) is 70.2 Å². The summed E-state index contributed by atoms with van der Waals surface area (Å²) in [5, 5.41) is 16.1. The van der Waals surface area contributed by atoms with Gasteiger partial charge in [-0.2, -0.15) is 0 Å². The molecule has 2 aliphatic heterocycles. The summed E-state index contributed by atoms with van der Waals surface area (Å²) in [5.74, 6) is 0.474. The fourth-order valence-electron chi connectivity index (χ4n) is 8.65. The number of fused-ring (bicyclic) bond motifs is 5. The van der Waals surface area contributed by atoms with Crippen molar-refractivity contribution in [1.82, 2.24) is 49.8 Å². The molecule has 17 heteroatoms. The van der Waals surface area contributed by atoms with E-state index in [1.54, 1.807) is 26.6 Å². The van der Waals surface area contributed by atoms with E-state index in [0.29, 0.717) is 36.7 Å². The van der Waals surface area contributed by atoms with Crippen LogP contribution in [0.1, 0.15) is 77.1 Å². The highest BCUT2D eigenvalue weighted by Gasteiger charge is 2.39. The number of aromatic amines is 3. The van der Waals surface area contributed by atoms with Gasteiger partial charge in [0, 0.05) is 35.0 Å². The van der Waals surface area contributed by atoms with Crippen LogP contribution in [-0.2, 0) is 14.3 Å². The Hall–Kier alpha value is -6.65. The molecule has 6 aromatic rings. The number of nitrogens with zero attached hydrogens (tertiary/aromatic N) is 5. The SMILES string of the molecule is COC(=O)N[C@H](C(=O)N1CCC[C@H]1c1ncc(-c2ccc3c(c2)[nH]c(=O)n2c4ccc(-c5cnc([C@@H]6CCCN6C(=O)[C@@H](NC(=O)O)C(C)C)[nH]5)cc4cc32)[nH]1)C(C)C. The fourth-order valence-corrected chi connectivity index (χ4v) is 8.65. The van der Waals surface area contributed by atoms with Gasteiger partial charge in [-0.05, 0) is 61.8 Å². The van der Waals surface area contributed by atoms with Crippen molar-refractivity contribution in [1.29, 1.82) is 0 Å². The lowest BCUT2D eigenvalue weighted by atomic mass is 10.0. The largest absolute Gasteiger partial charge is 0.465 e. The Morgan fingerprint density at radius 3 is 1.88 bits per heavy atom. The van der Waals surface area contributed by atoms with E-state index in [4.69, 9.17) is 4.74 Å². The number of alkyl carbamates (subject to hydrolysis) is 1. The molecule has 4 amide bonds. The van der Waals surface area contributed by atoms with Crippen LogP contribution in [0, 0.1) is 11.8 Å². The number of H-pyrrole nitrogens is 3. The number of carbonyl (C=O) groups is 4. The summed E-state index contributed by atoms with van der Waals surface area (Å²) in [5.41, 5.74) is 5.01. The van der Waals surface area contributed by atoms with Crippen molar-refractivity contribution in [2.24, 2.45) is 11.8 Å². The topological polar surface area (TPSA) is 223 Å². The zero-order valence-electron chi connectivity index (χ0n) is 33.5. The summed E-state index contributed by atoms with van der Waals surface area (Å²) in [6, 6.07) is 11.5. The molecule has 17 nitrogen and oxygen atoms in total. The van der Waals surface area contributed by atoms with Crippen molar-refractivity contribution in [3.8, 4) is 22.5 Å². The molecular weight excluding hydrogens is 757 g/mol. The number of imidazole rings is 2. The van der Waals surface area contributed by atoms with Crippen LogP contribution < -0.4 is 16.3 Å². The lowest BCUT2D eigenvalue weighted by Gasteiger charge is -2.30. The molecule has 0 bridgehead atoms. The first-order valence-corrected chi connectivity index (χ1v) is 20.0. The third-order valence-electron chi connectivity index (χ3n) is 11.7. The zero-order chi connectivity index (χ0) is 41.7. The van der Waals surface area contributed by atoms with E-state index in [2.05, 4.69) is 35.6 Å². The highest BCUT2D eigenvalue weighted by atomic mass is 16.5. The first-order valence-electron chi connectivity index (χ1n) is 20.0. The quantitative estimate of drug-likeness (QED) is 0.0996. The molecule has 0 radical (unpaired) electrons. The number of methoxy groups -OCH3 is 1. The third-order valence-corrected chi connectivity index (χ3v) is 11.7. The molecule has 0 saturated carbocycles. The van der Waals surface area contributed by atoms with Gasteiger partial charge in [0.25, 0.3) is 0 Å². The fraction of sp³-hybridized carbons (Fsp3) is 0.405. The number of likely N-dealkylation sites (tertiary alicyclic amines) is 2. The maximum absolute atomic E-state index is 13.7. The van der Waals surface area contributed by atoms with E-state index in [9.17, 15) is 29.1 Å². The van der Waals surface area contributed by atoms with Crippen molar-refractivity contribution in [2.75, 3.05) is 20.2 Å². The predicted octanol–water partition coefficient (Wildman–Crippen LogP) is 5.71. The van der Waals surface area contributed by atoms with Crippen LogP contribution in [0.25, 0.3) is 49.8 Å². The predicted molar refractivity (Wildman–Crippen MR) is 220 cm³/mol. The average Bonchev–Trinajstić information content (AvgIpc) is 4.06. The molecule has 2 fully saturated rings. The van der Waals surface area contributed by atoms with Gasteiger partial charge in [0.15, 0.2) is 0 Å². The van der Waals surface area contributed by atoms with Crippen molar-refractivity contribution >= 4 is 51.3 Å². The molecule has 6 heterocycles. The summed E-state index contributed by atoms with van der Waals surface area (Å²) in [7, 11) is 1.27. The van der Waals surface area contributed by atoms with Gasteiger partial charge in [0.05, 0.1) is 59.5 Å². The van der Waals surface area contributed by atoms with Crippen molar-refractivity contribution in [3.05, 3.63) is 77.0 Å². The summed E-state index contributed by atoms with van der Waals surface area (Å²) >= 11 is 0. The van der Waals surface area contributed by atoms with Crippen LogP contribution in [0.2, 0.25) is 0 Å². The average molecular weight is 805 g/mol. The minimum Gasteiger partial charge on any atom is -0.465 e. The zero-order valence-corrected chi connectivity index (χ0v) is 33.5. The second-order valence-corrected chi connectivity index (χ2v) is 16.1. The molecule has 4 aromatic heterocycles. The Morgan fingerprint density at radius 2 is 1.32 bits per heavy atom. The highest BCUT2D eigenvalue weighted by Crippen LogP contribution is 2.36. The molecular formula is C42H48N10O7. The molecule has 2 saturated heterocycles. The number of benzene rings is 2. The minimum absolute atomic E-state index is 0.144. The Balaban J connectivity index is 1.04. The van der Waals surface area contributed by atoms with Gasteiger partial charge in [-0.15, -0.1) is 0 Å². The van der Waals surface area contributed by atoms with Crippen LogP contribution in [0.15, 0.2) is 59.7 Å². The van der Waals surface area contributed by atoms with Crippen molar-refractivity contribution < 1.29 is 29.0 Å². The normalized spacial score (nSPS) is 18.0. The number of carbonyl (C=O) groups excluding carboxylic acids is 3. The van der Waals surface area contributed by atoms with Gasteiger partial charge in [-0.25, -0.2) is 24.4 Å². The smallest absolute Gasteiger partial charge is 0.407 e. The molecule has 59 heavy (non-hydrogen) atoms.